The van der Waals surface area contributed by atoms with Gasteiger partial charge in [-0.05, 0) is 18.9 Å². The van der Waals surface area contributed by atoms with Crippen LogP contribution in [0.25, 0.3) is 0 Å². The van der Waals surface area contributed by atoms with Gasteiger partial charge in [0.15, 0.2) is 0 Å². The molecule has 0 saturated heterocycles. The fourth-order valence-corrected chi connectivity index (χ4v) is 3.82. The van der Waals surface area contributed by atoms with Crippen molar-refractivity contribution in [3.05, 3.63) is 48.0 Å². The molecule has 0 fully saturated rings. The summed E-state index contributed by atoms with van der Waals surface area (Å²) in [5.74, 6) is 0. The summed E-state index contributed by atoms with van der Waals surface area (Å²) < 4.78 is 0. The van der Waals surface area contributed by atoms with Crippen LogP contribution in [0.15, 0.2) is 42.5 Å². The van der Waals surface area contributed by atoms with E-state index >= 15 is 0 Å². The van der Waals surface area contributed by atoms with Crippen molar-refractivity contribution in [3.8, 4) is 0 Å². The summed E-state index contributed by atoms with van der Waals surface area (Å²) in [7, 11) is -1.72. The molecule has 0 radical (unpaired) electrons. The van der Waals surface area contributed by atoms with Crippen LogP contribution in [0.1, 0.15) is 18.9 Å². The first-order chi connectivity index (χ1) is 7.27. The molecule has 0 spiro atoms. The first-order valence-electron chi connectivity index (χ1n) is 5.69. The molecule has 0 saturated carbocycles. The first kappa shape index (κ1) is 13.2. The summed E-state index contributed by atoms with van der Waals surface area (Å²) in [5.41, 5.74) is 2.06. The molecule has 0 aliphatic carbocycles. The molecule has 1 nitrogen and oxygen atoms in total. The lowest BCUT2D eigenvalue weighted by molar-refractivity contribution is 0.115. The highest BCUT2D eigenvalue weighted by molar-refractivity contribution is 6.78. The fraction of sp³-hybridized carbons (Fsp3) is 0.429. The van der Waals surface area contributed by atoms with E-state index in [1.54, 1.807) is 0 Å². The molecule has 0 amide bonds. The van der Waals surface area contributed by atoms with Crippen LogP contribution in [0, 0.1) is 0 Å². The first-order valence-corrected chi connectivity index (χ1v) is 9.19. The Morgan fingerprint density at radius 3 is 2.12 bits per heavy atom. The van der Waals surface area contributed by atoms with Gasteiger partial charge < -0.3 is 5.11 Å². The third-order valence-corrected chi connectivity index (χ3v) is 6.00. The van der Waals surface area contributed by atoms with Gasteiger partial charge >= 0.3 is 0 Å². The standard InChI is InChI=1S/C14H22OSi/c1-12(2)11-14(15,16(3,4)5)13-9-7-6-8-10-13/h6-10,15H,1,11H2,2-5H3. The van der Waals surface area contributed by atoms with Crippen molar-refractivity contribution < 1.29 is 5.11 Å². The number of aliphatic hydroxyl groups is 1. The summed E-state index contributed by atoms with van der Waals surface area (Å²) in [6, 6.07) is 9.98. The Bertz CT molecular complexity index is 364. The van der Waals surface area contributed by atoms with Gasteiger partial charge in [-0.1, -0.05) is 55.5 Å². The zero-order valence-corrected chi connectivity index (χ0v) is 11.7. The van der Waals surface area contributed by atoms with Crippen LogP contribution in [0.2, 0.25) is 19.6 Å². The molecule has 2 heteroatoms. The third kappa shape index (κ3) is 2.63. The van der Waals surface area contributed by atoms with Gasteiger partial charge in [0, 0.05) is 0 Å². The molecule has 1 N–H and O–H groups in total. The molecule has 88 valence electrons. The average Bonchev–Trinajstić information content (AvgIpc) is 2.16. The van der Waals surface area contributed by atoms with Crippen LogP contribution in [-0.2, 0) is 5.22 Å². The molecule has 1 aromatic carbocycles. The topological polar surface area (TPSA) is 20.2 Å². The molecule has 0 aliphatic rings. The zero-order chi connectivity index (χ0) is 12.4. The normalized spacial score (nSPS) is 15.6. The summed E-state index contributed by atoms with van der Waals surface area (Å²) in [5, 5.41) is 10.3. The Kier molecular flexibility index (Phi) is 3.76. The summed E-state index contributed by atoms with van der Waals surface area (Å²) in [6.07, 6.45) is 0.659. The Morgan fingerprint density at radius 2 is 1.75 bits per heavy atom. The van der Waals surface area contributed by atoms with Gasteiger partial charge in [-0.15, -0.1) is 6.58 Å². The molecule has 0 bridgehead atoms. The smallest absolute Gasteiger partial charge is 0.0882 e. The van der Waals surface area contributed by atoms with E-state index in [-0.39, 0.29) is 0 Å². The monoisotopic (exact) mass is 234 g/mol. The second-order valence-electron chi connectivity index (χ2n) is 5.61. The van der Waals surface area contributed by atoms with Crippen molar-refractivity contribution in [1.82, 2.24) is 0 Å². The largest absolute Gasteiger partial charge is 0.388 e. The van der Waals surface area contributed by atoms with Gasteiger partial charge in [-0.3, -0.25) is 0 Å². The average molecular weight is 234 g/mol. The predicted molar refractivity (Wildman–Crippen MR) is 73.1 cm³/mol. The van der Waals surface area contributed by atoms with Gasteiger partial charge in [-0.25, -0.2) is 0 Å². The highest BCUT2D eigenvalue weighted by atomic mass is 28.3. The van der Waals surface area contributed by atoms with Crippen molar-refractivity contribution in [2.24, 2.45) is 0 Å². The van der Waals surface area contributed by atoms with E-state index in [0.29, 0.717) is 6.42 Å². The van der Waals surface area contributed by atoms with Crippen molar-refractivity contribution >= 4 is 8.07 Å². The van der Waals surface area contributed by atoms with E-state index in [4.69, 9.17) is 0 Å². The van der Waals surface area contributed by atoms with E-state index in [1.807, 2.05) is 37.3 Å². The second-order valence-corrected chi connectivity index (χ2v) is 10.9. The van der Waals surface area contributed by atoms with E-state index in [9.17, 15) is 5.11 Å². The van der Waals surface area contributed by atoms with E-state index in [2.05, 4.69) is 26.2 Å². The van der Waals surface area contributed by atoms with Gasteiger partial charge in [0.25, 0.3) is 0 Å². The van der Waals surface area contributed by atoms with Gasteiger partial charge in [0.05, 0.1) is 13.3 Å². The van der Waals surface area contributed by atoms with Crippen molar-refractivity contribution in [2.75, 3.05) is 0 Å². The third-order valence-electron chi connectivity index (χ3n) is 3.05. The van der Waals surface area contributed by atoms with E-state index in [0.717, 1.165) is 11.1 Å². The van der Waals surface area contributed by atoms with Crippen LogP contribution in [0.4, 0.5) is 0 Å². The van der Waals surface area contributed by atoms with Gasteiger partial charge in [-0.2, -0.15) is 0 Å². The highest BCUT2D eigenvalue weighted by Crippen LogP contribution is 2.36. The predicted octanol–water partition coefficient (Wildman–Crippen LogP) is 3.72. The molecule has 0 aliphatic heterocycles. The second kappa shape index (κ2) is 4.56. The molecular formula is C14H22OSi. The molecule has 0 heterocycles. The zero-order valence-electron chi connectivity index (χ0n) is 10.7. The lowest BCUT2D eigenvalue weighted by atomic mass is 10.0. The van der Waals surface area contributed by atoms with E-state index < -0.39 is 13.3 Å². The quantitative estimate of drug-likeness (QED) is 0.622. The maximum atomic E-state index is 11.0. The van der Waals surface area contributed by atoms with Crippen molar-refractivity contribution in [1.29, 1.82) is 0 Å². The number of hydrogen-bond donors (Lipinski definition) is 1. The number of rotatable bonds is 4. The number of benzene rings is 1. The maximum absolute atomic E-state index is 11.0. The fourth-order valence-electron chi connectivity index (χ4n) is 1.95. The van der Waals surface area contributed by atoms with Crippen molar-refractivity contribution in [2.45, 2.75) is 38.2 Å². The summed E-state index contributed by atoms with van der Waals surface area (Å²) >= 11 is 0. The molecule has 1 unspecified atom stereocenters. The van der Waals surface area contributed by atoms with E-state index in [1.165, 1.54) is 0 Å². The Balaban J connectivity index is 3.21. The Morgan fingerprint density at radius 1 is 1.25 bits per heavy atom. The Hall–Kier alpha value is -0.863. The minimum Gasteiger partial charge on any atom is -0.388 e. The van der Waals surface area contributed by atoms with Crippen LogP contribution in [0.5, 0.6) is 0 Å². The summed E-state index contributed by atoms with van der Waals surface area (Å²) in [6.45, 7) is 12.5. The maximum Gasteiger partial charge on any atom is 0.0882 e. The highest BCUT2D eigenvalue weighted by Gasteiger charge is 2.42. The molecule has 1 rings (SSSR count). The van der Waals surface area contributed by atoms with Crippen LogP contribution in [-0.4, -0.2) is 13.2 Å². The molecule has 16 heavy (non-hydrogen) atoms. The van der Waals surface area contributed by atoms with Gasteiger partial charge in [0.1, 0.15) is 0 Å². The molecular weight excluding hydrogens is 212 g/mol. The molecule has 1 aromatic rings. The lowest BCUT2D eigenvalue weighted by Crippen LogP contribution is -2.49. The Labute approximate surface area is 99.8 Å². The van der Waals surface area contributed by atoms with Crippen LogP contribution >= 0.6 is 0 Å². The minimum atomic E-state index is -1.72. The SMILES string of the molecule is C=C(C)CC(O)(c1ccccc1)[Si](C)(C)C. The molecule has 1 atom stereocenters. The minimum absolute atomic E-state index is 0.659. The summed E-state index contributed by atoms with van der Waals surface area (Å²) in [4.78, 5) is 0. The van der Waals surface area contributed by atoms with Crippen LogP contribution < -0.4 is 0 Å². The lowest BCUT2D eigenvalue weighted by Gasteiger charge is -2.40. The molecule has 0 aromatic heterocycles. The van der Waals surface area contributed by atoms with Crippen LogP contribution in [0.3, 0.4) is 0 Å². The number of hydrogen-bond acceptors (Lipinski definition) is 1. The van der Waals surface area contributed by atoms with Gasteiger partial charge in [0.2, 0.25) is 0 Å². The van der Waals surface area contributed by atoms with Crippen molar-refractivity contribution in [3.63, 3.8) is 0 Å².